The van der Waals surface area contributed by atoms with Gasteiger partial charge in [-0.1, -0.05) is 23.4 Å². The number of benzene rings is 1. The number of aryl methyl sites for hydroxylation is 2. The summed E-state index contributed by atoms with van der Waals surface area (Å²) in [5, 5.41) is 10.6. The Labute approximate surface area is 148 Å². The molecule has 0 amide bonds. The lowest BCUT2D eigenvalue weighted by atomic mass is 10.1. The van der Waals surface area contributed by atoms with Crippen LogP contribution in [0.4, 0.5) is 0 Å². The molecule has 0 radical (unpaired) electrons. The number of guanidine groups is 1. The van der Waals surface area contributed by atoms with Gasteiger partial charge in [0.25, 0.3) is 0 Å². The van der Waals surface area contributed by atoms with Gasteiger partial charge in [0.15, 0.2) is 5.96 Å². The molecule has 6 heteroatoms. The minimum atomic E-state index is 0.712. The van der Waals surface area contributed by atoms with E-state index in [0.29, 0.717) is 6.54 Å². The Balaban J connectivity index is 1.76. The van der Waals surface area contributed by atoms with Gasteiger partial charge in [0.05, 0.1) is 5.69 Å². The lowest BCUT2D eigenvalue weighted by Gasteiger charge is -2.11. The summed E-state index contributed by atoms with van der Waals surface area (Å²) < 4.78 is 5.19. The van der Waals surface area contributed by atoms with E-state index in [1.807, 2.05) is 31.7 Å². The fraction of sp³-hybridized carbons (Fsp3) is 0.444. The summed E-state index contributed by atoms with van der Waals surface area (Å²) in [6, 6.07) is 10.4. The van der Waals surface area contributed by atoms with Crippen molar-refractivity contribution in [3.05, 3.63) is 47.3 Å². The number of hydrogen-bond acceptors (Lipinski definition) is 4. The topological polar surface area (TPSA) is 62.5 Å². The average molecular weight is 346 g/mol. The molecule has 1 heterocycles. The molecular weight excluding hydrogens is 320 g/mol. The Morgan fingerprint density at radius 1 is 1.21 bits per heavy atom. The van der Waals surface area contributed by atoms with Gasteiger partial charge in [-0.15, -0.1) is 11.8 Å². The van der Waals surface area contributed by atoms with Crippen molar-refractivity contribution in [3.63, 3.8) is 0 Å². The number of aliphatic imine (C=N–C) groups is 1. The molecule has 1 aromatic heterocycles. The molecular formula is C18H26N4OS. The smallest absolute Gasteiger partial charge is 0.191 e. The molecule has 0 saturated carbocycles. The molecule has 130 valence electrons. The van der Waals surface area contributed by atoms with Crippen molar-refractivity contribution in [1.29, 1.82) is 0 Å². The van der Waals surface area contributed by atoms with E-state index in [1.54, 1.807) is 0 Å². The second-order valence-corrected chi connectivity index (χ2v) is 6.57. The molecule has 2 N–H and O–H groups in total. The first kappa shape index (κ1) is 18.4. The summed E-state index contributed by atoms with van der Waals surface area (Å²) in [4.78, 5) is 5.92. The molecule has 0 spiro atoms. The van der Waals surface area contributed by atoms with Crippen LogP contribution in [0.5, 0.6) is 0 Å². The minimum absolute atomic E-state index is 0.712. The zero-order valence-electron chi connectivity index (χ0n) is 14.6. The lowest BCUT2D eigenvalue weighted by molar-refractivity contribution is 0.392. The number of nitrogens with zero attached hydrogens (tertiary/aromatic N) is 2. The molecule has 2 aromatic rings. The first-order chi connectivity index (χ1) is 11.7. The van der Waals surface area contributed by atoms with Crippen molar-refractivity contribution < 1.29 is 4.52 Å². The third-order valence-electron chi connectivity index (χ3n) is 3.56. The largest absolute Gasteiger partial charge is 0.361 e. The molecule has 0 aliphatic heterocycles. The van der Waals surface area contributed by atoms with Gasteiger partial charge in [0.1, 0.15) is 5.76 Å². The van der Waals surface area contributed by atoms with Crippen molar-refractivity contribution >= 4 is 17.7 Å². The van der Waals surface area contributed by atoms with Crippen LogP contribution in [-0.4, -0.2) is 36.5 Å². The van der Waals surface area contributed by atoms with Gasteiger partial charge in [-0.05, 0) is 39.3 Å². The van der Waals surface area contributed by atoms with E-state index in [0.717, 1.165) is 48.2 Å². The van der Waals surface area contributed by atoms with Crippen LogP contribution in [0.15, 0.2) is 44.7 Å². The Hall–Kier alpha value is -1.95. The Kier molecular flexibility index (Phi) is 7.68. The minimum Gasteiger partial charge on any atom is -0.361 e. The van der Waals surface area contributed by atoms with E-state index < -0.39 is 0 Å². The highest BCUT2D eigenvalue weighted by Crippen LogP contribution is 2.15. The second-order valence-electron chi connectivity index (χ2n) is 5.40. The molecule has 5 nitrogen and oxygen atoms in total. The van der Waals surface area contributed by atoms with E-state index >= 15 is 0 Å². The standard InChI is InChI=1S/C18H26N4OS/c1-4-19-18(20-11-10-17-14(2)22-23-15(17)3)21-12-13-24-16-8-6-5-7-9-16/h5-9H,4,10-13H2,1-3H3,(H2,19,20,21). The molecule has 0 bridgehead atoms. The van der Waals surface area contributed by atoms with E-state index in [1.165, 1.54) is 4.90 Å². The van der Waals surface area contributed by atoms with E-state index in [4.69, 9.17) is 4.52 Å². The number of nitrogens with one attached hydrogen (secondary N) is 2. The second kappa shape index (κ2) is 10.0. The monoisotopic (exact) mass is 346 g/mol. The van der Waals surface area contributed by atoms with Crippen molar-refractivity contribution in [1.82, 2.24) is 15.8 Å². The van der Waals surface area contributed by atoms with E-state index in [9.17, 15) is 0 Å². The number of aromatic nitrogens is 1. The van der Waals surface area contributed by atoms with Gasteiger partial charge in [-0.3, -0.25) is 4.99 Å². The molecule has 0 fully saturated rings. The maximum absolute atomic E-state index is 5.19. The first-order valence-electron chi connectivity index (χ1n) is 8.32. The van der Waals surface area contributed by atoms with E-state index in [2.05, 4.69) is 52.0 Å². The molecule has 2 rings (SSSR count). The van der Waals surface area contributed by atoms with Gasteiger partial charge in [-0.2, -0.15) is 0 Å². The van der Waals surface area contributed by atoms with Crippen LogP contribution < -0.4 is 10.6 Å². The summed E-state index contributed by atoms with van der Waals surface area (Å²) in [5.41, 5.74) is 2.12. The SMILES string of the molecule is CCNC(=NCCc1c(C)noc1C)NCCSc1ccccc1. The van der Waals surface area contributed by atoms with Gasteiger partial charge in [-0.25, -0.2) is 0 Å². The van der Waals surface area contributed by atoms with Crippen molar-refractivity contribution in [2.45, 2.75) is 32.1 Å². The predicted octanol–water partition coefficient (Wildman–Crippen LogP) is 3.18. The number of hydrogen-bond donors (Lipinski definition) is 2. The van der Waals surface area contributed by atoms with Crippen molar-refractivity contribution in [3.8, 4) is 0 Å². The molecule has 0 aliphatic rings. The third-order valence-corrected chi connectivity index (χ3v) is 4.58. The zero-order chi connectivity index (χ0) is 17.2. The van der Waals surface area contributed by atoms with Crippen LogP contribution in [0.2, 0.25) is 0 Å². The van der Waals surface area contributed by atoms with Crippen LogP contribution in [0, 0.1) is 13.8 Å². The highest BCUT2D eigenvalue weighted by atomic mass is 32.2. The fourth-order valence-electron chi connectivity index (χ4n) is 2.34. The van der Waals surface area contributed by atoms with Gasteiger partial charge >= 0.3 is 0 Å². The molecule has 0 atom stereocenters. The normalized spacial score (nSPS) is 11.5. The van der Waals surface area contributed by atoms with Crippen LogP contribution in [0.3, 0.4) is 0 Å². The summed E-state index contributed by atoms with van der Waals surface area (Å²) in [6.45, 7) is 8.43. The third kappa shape index (κ3) is 5.92. The lowest BCUT2D eigenvalue weighted by Crippen LogP contribution is -2.38. The Bertz CT molecular complexity index is 620. The van der Waals surface area contributed by atoms with Crippen LogP contribution in [0.1, 0.15) is 23.9 Å². The van der Waals surface area contributed by atoms with Crippen molar-refractivity contribution in [2.24, 2.45) is 4.99 Å². The maximum atomic E-state index is 5.19. The average Bonchev–Trinajstić information content (AvgIpc) is 2.91. The first-order valence-corrected chi connectivity index (χ1v) is 9.31. The Morgan fingerprint density at radius 3 is 2.67 bits per heavy atom. The molecule has 24 heavy (non-hydrogen) atoms. The van der Waals surface area contributed by atoms with Gasteiger partial charge in [0.2, 0.25) is 0 Å². The molecule has 0 aliphatic carbocycles. The fourth-order valence-corrected chi connectivity index (χ4v) is 3.12. The van der Waals surface area contributed by atoms with Crippen LogP contribution in [0.25, 0.3) is 0 Å². The molecule has 0 unspecified atom stereocenters. The van der Waals surface area contributed by atoms with E-state index in [-0.39, 0.29) is 0 Å². The summed E-state index contributed by atoms with van der Waals surface area (Å²) in [7, 11) is 0. The van der Waals surface area contributed by atoms with Gasteiger partial charge < -0.3 is 15.2 Å². The quantitative estimate of drug-likeness (QED) is 0.333. The Morgan fingerprint density at radius 2 is 2.00 bits per heavy atom. The van der Waals surface area contributed by atoms with Crippen LogP contribution in [-0.2, 0) is 6.42 Å². The summed E-state index contributed by atoms with van der Waals surface area (Å²) >= 11 is 1.84. The summed E-state index contributed by atoms with van der Waals surface area (Å²) in [6.07, 6.45) is 0.844. The number of thioether (sulfide) groups is 1. The zero-order valence-corrected chi connectivity index (χ0v) is 15.4. The highest BCUT2D eigenvalue weighted by molar-refractivity contribution is 7.99. The number of rotatable bonds is 8. The van der Waals surface area contributed by atoms with Crippen LogP contribution >= 0.6 is 11.8 Å². The van der Waals surface area contributed by atoms with Gasteiger partial charge in [0, 0.05) is 35.8 Å². The van der Waals surface area contributed by atoms with Crippen molar-refractivity contribution in [2.75, 3.05) is 25.4 Å². The molecule has 0 saturated heterocycles. The predicted molar refractivity (Wildman–Crippen MR) is 101 cm³/mol. The molecule has 1 aromatic carbocycles. The highest BCUT2D eigenvalue weighted by Gasteiger charge is 2.08. The summed E-state index contributed by atoms with van der Waals surface area (Å²) in [5.74, 6) is 2.75. The maximum Gasteiger partial charge on any atom is 0.191 e.